The number of nitrogens with one attached hydrogen (secondary N) is 1. The van der Waals surface area contributed by atoms with Gasteiger partial charge in [-0.1, -0.05) is 30.3 Å². The molecule has 2 aromatic rings. The first-order chi connectivity index (χ1) is 11.1. The predicted molar refractivity (Wildman–Crippen MR) is 90.7 cm³/mol. The van der Waals surface area contributed by atoms with E-state index in [1.54, 1.807) is 6.92 Å². The fourth-order valence-corrected chi connectivity index (χ4v) is 2.14. The van der Waals surface area contributed by atoms with Crippen LogP contribution in [0.15, 0.2) is 48.5 Å². The first-order valence-electron chi connectivity index (χ1n) is 7.82. The van der Waals surface area contributed by atoms with E-state index in [4.69, 9.17) is 9.47 Å². The minimum atomic E-state index is -0.543. The number of carbonyl (C=O) groups excluding carboxylic acids is 1. The second kappa shape index (κ2) is 8.22. The van der Waals surface area contributed by atoms with Crippen LogP contribution in [0.1, 0.15) is 25.0 Å². The number of rotatable bonds is 7. The highest BCUT2D eigenvalue weighted by Crippen LogP contribution is 2.18. The van der Waals surface area contributed by atoms with Crippen LogP contribution in [0.25, 0.3) is 0 Å². The van der Waals surface area contributed by atoms with E-state index in [9.17, 15) is 4.79 Å². The number of benzene rings is 2. The Morgan fingerprint density at radius 2 is 1.83 bits per heavy atom. The van der Waals surface area contributed by atoms with Crippen LogP contribution < -0.4 is 14.8 Å². The maximum absolute atomic E-state index is 12.1. The van der Waals surface area contributed by atoms with Crippen molar-refractivity contribution in [3.8, 4) is 11.5 Å². The lowest BCUT2D eigenvalue weighted by atomic mass is 10.2. The molecule has 0 aliphatic rings. The summed E-state index contributed by atoms with van der Waals surface area (Å²) in [5.41, 5.74) is 2.03. The average molecular weight is 313 g/mol. The van der Waals surface area contributed by atoms with E-state index in [1.165, 1.54) is 0 Å². The zero-order valence-electron chi connectivity index (χ0n) is 13.8. The van der Waals surface area contributed by atoms with Gasteiger partial charge in [-0.15, -0.1) is 0 Å². The third-order valence-corrected chi connectivity index (χ3v) is 3.47. The summed E-state index contributed by atoms with van der Waals surface area (Å²) in [4.78, 5) is 12.1. The topological polar surface area (TPSA) is 47.6 Å². The van der Waals surface area contributed by atoms with Gasteiger partial charge in [0, 0.05) is 6.54 Å². The molecule has 2 aromatic carbocycles. The van der Waals surface area contributed by atoms with Crippen LogP contribution in [0.5, 0.6) is 11.5 Å². The van der Waals surface area contributed by atoms with Crippen molar-refractivity contribution in [3.05, 3.63) is 59.7 Å². The Hall–Kier alpha value is -2.49. The quantitative estimate of drug-likeness (QED) is 0.851. The maximum atomic E-state index is 12.1. The lowest BCUT2D eigenvalue weighted by Gasteiger charge is -2.16. The molecule has 0 radical (unpaired) electrons. The predicted octanol–water partition coefficient (Wildman–Crippen LogP) is 3.48. The van der Waals surface area contributed by atoms with Gasteiger partial charge < -0.3 is 14.8 Å². The molecule has 1 atom stereocenters. The Bertz CT molecular complexity index is 637. The molecule has 0 spiro atoms. The van der Waals surface area contributed by atoms with E-state index in [1.807, 2.05) is 62.4 Å². The van der Waals surface area contributed by atoms with E-state index in [-0.39, 0.29) is 5.91 Å². The van der Waals surface area contributed by atoms with Gasteiger partial charge in [0.05, 0.1) is 6.61 Å². The van der Waals surface area contributed by atoms with E-state index in [0.717, 1.165) is 22.6 Å². The summed E-state index contributed by atoms with van der Waals surface area (Å²) in [6.07, 6.45) is -0.543. The minimum absolute atomic E-state index is 0.137. The van der Waals surface area contributed by atoms with Crippen LogP contribution in [0.4, 0.5) is 0 Å². The van der Waals surface area contributed by atoms with Crippen molar-refractivity contribution in [2.45, 2.75) is 33.4 Å². The van der Waals surface area contributed by atoms with Gasteiger partial charge in [-0.25, -0.2) is 0 Å². The van der Waals surface area contributed by atoms with Gasteiger partial charge in [-0.05, 0) is 50.1 Å². The van der Waals surface area contributed by atoms with Crippen molar-refractivity contribution in [2.24, 2.45) is 0 Å². The summed E-state index contributed by atoms with van der Waals surface area (Å²) in [5.74, 6) is 1.43. The van der Waals surface area contributed by atoms with E-state index in [0.29, 0.717) is 13.2 Å². The first kappa shape index (κ1) is 16.9. The van der Waals surface area contributed by atoms with Gasteiger partial charge in [-0.3, -0.25) is 4.79 Å². The van der Waals surface area contributed by atoms with Crippen molar-refractivity contribution in [2.75, 3.05) is 6.61 Å². The molecule has 4 heteroatoms. The van der Waals surface area contributed by atoms with Gasteiger partial charge in [0.2, 0.25) is 0 Å². The van der Waals surface area contributed by atoms with Crippen molar-refractivity contribution >= 4 is 5.91 Å². The largest absolute Gasteiger partial charge is 0.494 e. The van der Waals surface area contributed by atoms with Crippen molar-refractivity contribution in [3.63, 3.8) is 0 Å². The standard InChI is InChI=1S/C19H23NO3/c1-4-22-17-11-9-16(10-12-17)13-20-19(21)15(3)23-18-8-6-5-7-14(18)2/h5-12,15H,4,13H2,1-3H3,(H,20,21)/t15-/m1/s1. The molecule has 0 aromatic heterocycles. The Kier molecular flexibility index (Phi) is 6.03. The molecule has 0 saturated heterocycles. The van der Waals surface area contributed by atoms with Gasteiger partial charge >= 0.3 is 0 Å². The molecular formula is C19H23NO3. The summed E-state index contributed by atoms with van der Waals surface area (Å²) in [7, 11) is 0. The highest BCUT2D eigenvalue weighted by Gasteiger charge is 2.15. The molecule has 0 heterocycles. The smallest absolute Gasteiger partial charge is 0.261 e. The third-order valence-electron chi connectivity index (χ3n) is 3.47. The van der Waals surface area contributed by atoms with Gasteiger partial charge in [0.15, 0.2) is 6.10 Å². The number of hydrogen-bond donors (Lipinski definition) is 1. The zero-order chi connectivity index (χ0) is 16.7. The summed E-state index contributed by atoms with van der Waals surface area (Å²) < 4.78 is 11.1. The van der Waals surface area contributed by atoms with Crippen molar-refractivity contribution in [1.29, 1.82) is 0 Å². The lowest BCUT2D eigenvalue weighted by molar-refractivity contribution is -0.127. The van der Waals surface area contributed by atoms with Gasteiger partial charge in [0.25, 0.3) is 5.91 Å². The summed E-state index contributed by atoms with van der Waals surface area (Å²) >= 11 is 0. The van der Waals surface area contributed by atoms with Crippen molar-refractivity contribution in [1.82, 2.24) is 5.32 Å². The van der Waals surface area contributed by atoms with Crippen LogP contribution in [0, 0.1) is 6.92 Å². The molecule has 2 rings (SSSR count). The Balaban J connectivity index is 1.85. The number of amides is 1. The Morgan fingerprint density at radius 1 is 1.13 bits per heavy atom. The number of hydrogen-bond acceptors (Lipinski definition) is 3. The summed E-state index contributed by atoms with van der Waals surface area (Å²) in [6.45, 7) is 6.76. The molecule has 4 nitrogen and oxygen atoms in total. The third kappa shape index (κ3) is 5.02. The molecule has 0 saturated carbocycles. The zero-order valence-corrected chi connectivity index (χ0v) is 13.8. The number of aryl methyl sites for hydroxylation is 1. The van der Waals surface area contributed by atoms with E-state index < -0.39 is 6.10 Å². The fourth-order valence-electron chi connectivity index (χ4n) is 2.14. The molecule has 0 unspecified atom stereocenters. The van der Waals surface area contributed by atoms with Crippen LogP contribution in [-0.4, -0.2) is 18.6 Å². The molecule has 1 N–H and O–H groups in total. The molecule has 0 aliphatic heterocycles. The van der Waals surface area contributed by atoms with E-state index >= 15 is 0 Å². The molecular weight excluding hydrogens is 290 g/mol. The number of ether oxygens (including phenoxy) is 2. The molecule has 23 heavy (non-hydrogen) atoms. The summed E-state index contributed by atoms with van der Waals surface area (Å²) in [6, 6.07) is 15.4. The SMILES string of the molecule is CCOc1ccc(CNC(=O)[C@@H](C)Oc2ccccc2C)cc1. The Morgan fingerprint density at radius 3 is 2.48 bits per heavy atom. The van der Waals surface area contributed by atoms with Crippen LogP contribution in [0.3, 0.4) is 0 Å². The molecule has 1 amide bonds. The molecule has 0 bridgehead atoms. The first-order valence-corrected chi connectivity index (χ1v) is 7.82. The monoisotopic (exact) mass is 313 g/mol. The summed E-state index contributed by atoms with van der Waals surface area (Å²) in [5, 5.41) is 2.89. The van der Waals surface area contributed by atoms with Gasteiger partial charge in [0.1, 0.15) is 11.5 Å². The highest BCUT2D eigenvalue weighted by atomic mass is 16.5. The number of para-hydroxylation sites is 1. The lowest BCUT2D eigenvalue weighted by Crippen LogP contribution is -2.36. The fraction of sp³-hybridized carbons (Fsp3) is 0.316. The van der Waals surface area contributed by atoms with Gasteiger partial charge in [-0.2, -0.15) is 0 Å². The molecule has 0 aliphatic carbocycles. The van der Waals surface area contributed by atoms with Crippen LogP contribution >= 0.6 is 0 Å². The van der Waals surface area contributed by atoms with Crippen LogP contribution in [-0.2, 0) is 11.3 Å². The van der Waals surface area contributed by atoms with Crippen LogP contribution in [0.2, 0.25) is 0 Å². The van der Waals surface area contributed by atoms with E-state index in [2.05, 4.69) is 5.32 Å². The average Bonchev–Trinajstić information content (AvgIpc) is 2.56. The van der Waals surface area contributed by atoms with Crippen molar-refractivity contribution < 1.29 is 14.3 Å². The molecule has 0 fully saturated rings. The second-order valence-electron chi connectivity index (χ2n) is 5.32. The second-order valence-corrected chi connectivity index (χ2v) is 5.32. The minimum Gasteiger partial charge on any atom is -0.494 e. The molecule has 122 valence electrons. The normalized spacial score (nSPS) is 11.6. The Labute approximate surface area is 137 Å². The maximum Gasteiger partial charge on any atom is 0.261 e. The number of carbonyl (C=O) groups is 1. The highest BCUT2D eigenvalue weighted by molar-refractivity contribution is 5.80.